The van der Waals surface area contributed by atoms with Crippen molar-refractivity contribution in [2.75, 3.05) is 0 Å². The van der Waals surface area contributed by atoms with Gasteiger partial charge in [-0.1, -0.05) is 6.92 Å². The fraction of sp³-hybridized carbons (Fsp3) is 0.214. The van der Waals surface area contributed by atoms with Crippen LogP contribution in [0.3, 0.4) is 0 Å². The van der Waals surface area contributed by atoms with Gasteiger partial charge in [-0.15, -0.1) is 0 Å². The van der Waals surface area contributed by atoms with Crippen LogP contribution in [0.25, 0.3) is 11.4 Å². The summed E-state index contributed by atoms with van der Waals surface area (Å²) in [6, 6.07) is 7.48. The van der Waals surface area contributed by atoms with E-state index in [4.69, 9.17) is 0 Å². The Kier molecular flexibility index (Phi) is 2.08. The third-order valence-electron chi connectivity index (χ3n) is 3.06. The van der Waals surface area contributed by atoms with E-state index in [1.807, 2.05) is 31.2 Å². The average molecular weight is 224 g/mol. The molecule has 0 aromatic carbocycles. The van der Waals surface area contributed by atoms with Crippen LogP contribution in [0.15, 0.2) is 24.3 Å². The Labute approximate surface area is 99.5 Å². The fourth-order valence-corrected chi connectivity index (χ4v) is 2.13. The maximum Gasteiger partial charge on any atom is 0.197 e. The Balaban J connectivity index is 2.31. The molecule has 0 radical (unpaired) electrons. The Morgan fingerprint density at radius 3 is 2.35 bits per heavy atom. The highest BCUT2D eigenvalue weighted by Gasteiger charge is 2.29. The summed E-state index contributed by atoms with van der Waals surface area (Å²) in [5, 5.41) is 0. The van der Waals surface area contributed by atoms with Crippen LogP contribution in [0.4, 0.5) is 0 Å². The van der Waals surface area contributed by atoms with Crippen molar-refractivity contribution >= 4 is 5.78 Å². The van der Waals surface area contributed by atoms with E-state index >= 15 is 0 Å². The zero-order valence-electron chi connectivity index (χ0n) is 9.82. The summed E-state index contributed by atoms with van der Waals surface area (Å²) in [6.07, 6.45) is 0.864. The molecule has 3 heteroatoms. The van der Waals surface area contributed by atoms with Crippen molar-refractivity contribution in [3.63, 3.8) is 0 Å². The molecule has 17 heavy (non-hydrogen) atoms. The number of rotatable bonds is 1. The zero-order chi connectivity index (χ0) is 12.0. The Bertz CT molecular complexity index is 632. The number of fused-ring (bicyclic) bond motifs is 3. The minimum Gasteiger partial charge on any atom is -0.288 e. The molecule has 0 unspecified atom stereocenters. The number of aromatic nitrogens is 2. The second kappa shape index (κ2) is 3.48. The van der Waals surface area contributed by atoms with Gasteiger partial charge in [0.25, 0.3) is 0 Å². The standard InChI is InChI=1S/C14H12N2O/c1-3-9-5-7-11-13(16-9)12-10(14(11)17)6-4-8(2)15-12/h4-7H,3H2,1-2H3. The monoisotopic (exact) mass is 224 g/mol. The van der Waals surface area contributed by atoms with Crippen LogP contribution in [0, 0.1) is 6.92 Å². The van der Waals surface area contributed by atoms with E-state index in [0.29, 0.717) is 11.1 Å². The molecule has 0 N–H and O–H groups in total. The van der Waals surface area contributed by atoms with E-state index in [-0.39, 0.29) is 5.78 Å². The van der Waals surface area contributed by atoms with Gasteiger partial charge in [-0.3, -0.25) is 14.8 Å². The van der Waals surface area contributed by atoms with Crippen molar-refractivity contribution in [2.24, 2.45) is 0 Å². The van der Waals surface area contributed by atoms with Crippen molar-refractivity contribution in [3.05, 3.63) is 46.8 Å². The van der Waals surface area contributed by atoms with Gasteiger partial charge in [0.05, 0.1) is 11.1 Å². The molecule has 0 fully saturated rings. The van der Waals surface area contributed by atoms with Gasteiger partial charge in [-0.2, -0.15) is 0 Å². The normalized spacial score (nSPS) is 12.5. The summed E-state index contributed by atoms with van der Waals surface area (Å²) in [7, 11) is 0. The summed E-state index contributed by atoms with van der Waals surface area (Å²) < 4.78 is 0. The molecule has 0 saturated heterocycles. The summed E-state index contributed by atoms with van der Waals surface area (Å²) in [5.74, 6) is 0.0395. The molecule has 2 aromatic rings. The van der Waals surface area contributed by atoms with Crippen molar-refractivity contribution in [2.45, 2.75) is 20.3 Å². The number of ketones is 1. The number of nitrogens with zero attached hydrogens (tertiary/aromatic N) is 2. The molecule has 0 bridgehead atoms. The number of carbonyl (C=O) groups is 1. The van der Waals surface area contributed by atoms with Gasteiger partial charge in [0.2, 0.25) is 0 Å². The van der Waals surface area contributed by atoms with Gasteiger partial charge < -0.3 is 0 Å². The average Bonchev–Trinajstić information content (AvgIpc) is 2.62. The van der Waals surface area contributed by atoms with Crippen LogP contribution in [-0.2, 0) is 6.42 Å². The molecular weight excluding hydrogens is 212 g/mol. The SMILES string of the molecule is CCc1ccc2c(n1)-c1nc(C)ccc1C2=O. The molecule has 3 nitrogen and oxygen atoms in total. The van der Waals surface area contributed by atoms with Gasteiger partial charge >= 0.3 is 0 Å². The smallest absolute Gasteiger partial charge is 0.197 e. The minimum absolute atomic E-state index is 0.0395. The maximum atomic E-state index is 12.1. The van der Waals surface area contributed by atoms with Crippen molar-refractivity contribution in [3.8, 4) is 11.4 Å². The highest BCUT2D eigenvalue weighted by atomic mass is 16.1. The first kappa shape index (κ1) is 10.1. The molecule has 1 aliphatic carbocycles. The zero-order valence-corrected chi connectivity index (χ0v) is 9.82. The van der Waals surface area contributed by atoms with Crippen molar-refractivity contribution in [1.29, 1.82) is 0 Å². The molecule has 0 saturated carbocycles. The van der Waals surface area contributed by atoms with Crippen LogP contribution in [0.2, 0.25) is 0 Å². The predicted molar refractivity (Wildman–Crippen MR) is 65.0 cm³/mol. The van der Waals surface area contributed by atoms with E-state index < -0.39 is 0 Å². The van der Waals surface area contributed by atoms with E-state index in [1.54, 1.807) is 0 Å². The largest absolute Gasteiger partial charge is 0.288 e. The van der Waals surface area contributed by atoms with Gasteiger partial charge in [-0.25, -0.2) is 0 Å². The molecule has 0 spiro atoms. The third kappa shape index (κ3) is 1.39. The molecule has 0 aliphatic heterocycles. The summed E-state index contributed by atoms with van der Waals surface area (Å²) >= 11 is 0. The summed E-state index contributed by atoms with van der Waals surface area (Å²) in [4.78, 5) is 21.1. The van der Waals surface area contributed by atoms with Crippen molar-refractivity contribution < 1.29 is 4.79 Å². The van der Waals surface area contributed by atoms with E-state index in [1.165, 1.54) is 0 Å². The maximum absolute atomic E-state index is 12.1. The predicted octanol–water partition coefficient (Wildman–Crippen LogP) is 2.56. The summed E-state index contributed by atoms with van der Waals surface area (Å²) in [5.41, 5.74) is 4.73. The Morgan fingerprint density at radius 2 is 1.65 bits per heavy atom. The molecule has 2 aromatic heterocycles. The van der Waals surface area contributed by atoms with Gasteiger partial charge in [-0.05, 0) is 37.6 Å². The molecule has 1 aliphatic rings. The van der Waals surface area contributed by atoms with Crippen LogP contribution in [0.1, 0.15) is 34.2 Å². The lowest BCUT2D eigenvalue weighted by atomic mass is 10.1. The third-order valence-corrected chi connectivity index (χ3v) is 3.06. The first-order valence-corrected chi connectivity index (χ1v) is 5.73. The topological polar surface area (TPSA) is 42.9 Å². The first-order chi connectivity index (χ1) is 8.20. The van der Waals surface area contributed by atoms with Crippen LogP contribution >= 0.6 is 0 Å². The summed E-state index contributed by atoms with van der Waals surface area (Å²) in [6.45, 7) is 3.97. The molecule has 0 atom stereocenters. The lowest BCUT2D eigenvalue weighted by Crippen LogP contribution is -1.96. The quantitative estimate of drug-likeness (QED) is 0.638. The Hall–Kier alpha value is -2.03. The number of carbonyl (C=O) groups excluding carboxylic acids is 1. The molecule has 84 valence electrons. The second-order valence-corrected chi connectivity index (χ2v) is 4.23. The van der Waals surface area contributed by atoms with E-state index in [2.05, 4.69) is 16.9 Å². The van der Waals surface area contributed by atoms with E-state index in [0.717, 1.165) is 29.2 Å². The van der Waals surface area contributed by atoms with Crippen LogP contribution in [0.5, 0.6) is 0 Å². The van der Waals surface area contributed by atoms with Gasteiger partial charge in [0.15, 0.2) is 5.78 Å². The van der Waals surface area contributed by atoms with Gasteiger partial charge in [0.1, 0.15) is 11.4 Å². The van der Waals surface area contributed by atoms with Crippen molar-refractivity contribution in [1.82, 2.24) is 9.97 Å². The molecular formula is C14H12N2O. The van der Waals surface area contributed by atoms with Crippen LogP contribution < -0.4 is 0 Å². The minimum atomic E-state index is 0.0395. The fourth-order valence-electron chi connectivity index (χ4n) is 2.13. The van der Waals surface area contributed by atoms with Gasteiger partial charge in [0, 0.05) is 11.4 Å². The number of hydrogen-bond donors (Lipinski definition) is 0. The number of aryl methyl sites for hydroxylation is 2. The molecule has 2 heterocycles. The first-order valence-electron chi connectivity index (χ1n) is 5.73. The lowest BCUT2D eigenvalue weighted by molar-refractivity contribution is 0.104. The highest BCUT2D eigenvalue weighted by Crippen LogP contribution is 2.33. The number of hydrogen-bond acceptors (Lipinski definition) is 3. The molecule has 3 rings (SSSR count). The number of pyridine rings is 2. The van der Waals surface area contributed by atoms with E-state index in [9.17, 15) is 4.79 Å². The second-order valence-electron chi connectivity index (χ2n) is 4.23. The molecule has 0 amide bonds. The van der Waals surface area contributed by atoms with Crippen LogP contribution in [-0.4, -0.2) is 15.8 Å². The highest BCUT2D eigenvalue weighted by molar-refractivity contribution is 6.20. The lowest BCUT2D eigenvalue weighted by Gasteiger charge is -2.01. The Morgan fingerprint density at radius 1 is 1.00 bits per heavy atom.